The Morgan fingerprint density at radius 3 is 2.72 bits per heavy atom. The van der Waals surface area contributed by atoms with Crippen molar-refractivity contribution in [3.8, 4) is 5.75 Å². The molecule has 132 valence electrons. The van der Waals surface area contributed by atoms with Crippen molar-refractivity contribution in [2.45, 2.75) is 12.5 Å². The van der Waals surface area contributed by atoms with Crippen molar-refractivity contribution in [3.05, 3.63) is 64.1 Å². The van der Waals surface area contributed by atoms with E-state index in [1.54, 1.807) is 12.1 Å². The van der Waals surface area contributed by atoms with Gasteiger partial charge in [0.15, 0.2) is 0 Å². The summed E-state index contributed by atoms with van der Waals surface area (Å²) in [4.78, 5) is 14.2. The fraction of sp³-hybridized carbons (Fsp3) is 0.316. The van der Waals surface area contributed by atoms with Crippen molar-refractivity contribution in [3.63, 3.8) is 0 Å². The second-order valence-corrected chi connectivity index (χ2v) is 6.60. The van der Waals surface area contributed by atoms with E-state index in [1.807, 2.05) is 41.3 Å². The molecule has 1 fully saturated rings. The van der Waals surface area contributed by atoms with Crippen molar-refractivity contribution in [2.75, 3.05) is 26.3 Å². The summed E-state index contributed by atoms with van der Waals surface area (Å²) in [5.74, 6) is 0.829. The molecule has 0 radical (unpaired) electrons. The molecule has 3 rings (SSSR count). The van der Waals surface area contributed by atoms with Gasteiger partial charge in [-0.2, -0.15) is 0 Å². The smallest absolute Gasteiger partial charge is 0.226 e. The van der Waals surface area contributed by atoms with Gasteiger partial charge in [-0.05, 0) is 29.8 Å². The van der Waals surface area contributed by atoms with Gasteiger partial charge in [-0.1, -0.05) is 47.5 Å². The van der Waals surface area contributed by atoms with E-state index in [0.717, 1.165) is 11.3 Å². The summed E-state index contributed by atoms with van der Waals surface area (Å²) in [7, 11) is 0. The molecule has 1 unspecified atom stereocenters. The van der Waals surface area contributed by atoms with Crippen molar-refractivity contribution in [1.82, 2.24) is 4.90 Å². The fourth-order valence-corrected chi connectivity index (χ4v) is 3.03. The molecule has 1 aliphatic heterocycles. The summed E-state index contributed by atoms with van der Waals surface area (Å²) in [6.45, 7) is 1.94. The number of para-hydroxylation sites is 1. The molecule has 2 aromatic rings. The average Bonchev–Trinajstić information content (AvgIpc) is 2.65. The molecule has 0 aliphatic carbocycles. The zero-order valence-electron chi connectivity index (χ0n) is 13.7. The van der Waals surface area contributed by atoms with Gasteiger partial charge in [-0.15, -0.1) is 0 Å². The minimum absolute atomic E-state index is 0.0595. The van der Waals surface area contributed by atoms with Crippen LogP contribution in [0.25, 0.3) is 0 Å². The third kappa shape index (κ3) is 4.88. The molecular weight excluding hydrogens is 361 g/mol. The molecule has 2 aromatic carbocycles. The quantitative estimate of drug-likeness (QED) is 0.774. The molecule has 25 heavy (non-hydrogen) atoms. The van der Waals surface area contributed by atoms with Crippen LogP contribution in [0.2, 0.25) is 10.0 Å². The summed E-state index contributed by atoms with van der Waals surface area (Å²) in [5, 5.41) is 0.995. The predicted molar refractivity (Wildman–Crippen MR) is 98.3 cm³/mol. The Bertz CT molecular complexity index is 724. The zero-order chi connectivity index (χ0) is 17.6. The van der Waals surface area contributed by atoms with Gasteiger partial charge in [0.25, 0.3) is 0 Å². The van der Waals surface area contributed by atoms with Crippen molar-refractivity contribution in [2.24, 2.45) is 0 Å². The van der Waals surface area contributed by atoms with E-state index in [1.165, 1.54) is 0 Å². The summed E-state index contributed by atoms with van der Waals surface area (Å²) in [6, 6.07) is 14.9. The standard InChI is InChI=1S/C19H19Cl2NO3/c20-16-7-6-14(12-17(16)21)18-13-22(9-11-25-18)19(23)8-10-24-15-4-2-1-3-5-15/h1-7,12,18H,8-11,13H2. The molecule has 0 spiro atoms. The number of benzene rings is 2. The van der Waals surface area contributed by atoms with Crippen LogP contribution in [-0.2, 0) is 9.53 Å². The molecule has 0 N–H and O–H groups in total. The molecule has 1 aliphatic rings. The van der Waals surface area contributed by atoms with Crippen LogP contribution in [0.3, 0.4) is 0 Å². The summed E-state index contributed by atoms with van der Waals surface area (Å²) in [5.41, 5.74) is 0.924. The van der Waals surface area contributed by atoms with Gasteiger partial charge in [-0.3, -0.25) is 4.79 Å². The van der Waals surface area contributed by atoms with Crippen LogP contribution in [0.4, 0.5) is 0 Å². The number of halogens is 2. The zero-order valence-corrected chi connectivity index (χ0v) is 15.2. The van der Waals surface area contributed by atoms with Crippen molar-refractivity contribution in [1.29, 1.82) is 0 Å². The van der Waals surface area contributed by atoms with Crippen LogP contribution in [0.1, 0.15) is 18.1 Å². The number of amides is 1. The Kier molecular flexibility index (Phi) is 6.19. The highest BCUT2D eigenvalue weighted by molar-refractivity contribution is 6.42. The highest BCUT2D eigenvalue weighted by Crippen LogP contribution is 2.29. The largest absolute Gasteiger partial charge is 0.493 e. The lowest BCUT2D eigenvalue weighted by atomic mass is 10.1. The maximum Gasteiger partial charge on any atom is 0.226 e. The number of morpholine rings is 1. The maximum absolute atomic E-state index is 12.4. The van der Waals surface area contributed by atoms with Gasteiger partial charge >= 0.3 is 0 Å². The third-order valence-corrected chi connectivity index (χ3v) is 4.80. The topological polar surface area (TPSA) is 38.8 Å². The monoisotopic (exact) mass is 379 g/mol. The fourth-order valence-electron chi connectivity index (χ4n) is 2.72. The van der Waals surface area contributed by atoms with Gasteiger partial charge in [0, 0.05) is 6.54 Å². The van der Waals surface area contributed by atoms with E-state index >= 15 is 0 Å². The van der Waals surface area contributed by atoms with Gasteiger partial charge in [0.05, 0.1) is 36.2 Å². The third-order valence-electron chi connectivity index (χ3n) is 4.06. The molecule has 6 heteroatoms. The highest BCUT2D eigenvalue weighted by Gasteiger charge is 2.25. The Labute approximate surface area is 157 Å². The second-order valence-electron chi connectivity index (χ2n) is 5.78. The first kappa shape index (κ1) is 18.1. The minimum atomic E-state index is -0.192. The molecule has 4 nitrogen and oxygen atoms in total. The molecule has 0 bridgehead atoms. The van der Waals surface area contributed by atoms with Crippen molar-refractivity contribution < 1.29 is 14.3 Å². The Hall–Kier alpha value is -1.75. The van der Waals surface area contributed by atoms with E-state index in [4.69, 9.17) is 32.7 Å². The van der Waals surface area contributed by atoms with Crippen LogP contribution in [0.5, 0.6) is 5.75 Å². The SMILES string of the molecule is O=C(CCOc1ccccc1)N1CCOC(c2ccc(Cl)c(Cl)c2)C1. The van der Waals surface area contributed by atoms with Crippen LogP contribution in [0, 0.1) is 0 Å². The molecule has 1 amide bonds. The van der Waals surface area contributed by atoms with Gasteiger partial charge in [0.1, 0.15) is 11.9 Å². The normalized spacial score (nSPS) is 17.4. The average molecular weight is 380 g/mol. The second kappa shape index (κ2) is 8.56. The Morgan fingerprint density at radius 2 is 1.96 bits per heavy atom. The molecule has 0 saturated carbocycles. The van der Waals surface area contributed by atoms with Gasteiger partial charge < -0.3 is 14.4 Å². The van der Waals surface area contributed by atoms with E-state index in [0.29, 0.717) is 42.8 Å². The van der Waals surface area contributed by atoms with E-state index in [-0.39, 0.29) is 12.0 Å². The summed E-state index contributed by atoms with van der Waals surface area (Å²) in [6.07, 6.45) is 0.144. The van der Waals surface area contributed by atoms with Crippen molar-refractivity contribution >= 4 is 29.1 Å². The summed E-state index contributed by atoms with van der Waals surface area (Å²) < 4.78 is 11.4. The lowest BCUT2D eigenvalue weighted by Crippen LogP contribution is -2.42. The van der Waals surface area contributed by atoms with Crippen LogP contribution >= 0.6 is 23.2 Å². The maximum atomic E-state index is 12.4. The number of carbonyl (C=O) groups excluding carboxylic acids is 1. The minimum Gasteiger partial charge on any atom is -0.493 e. The Balaban J connectivity index is 1.53. The highest BCUT2D eigenvalue weighted by atomic mass is 35.5. The van der Waals surface area contributed by atoms with Crippen LogP contribution in [-0.4, -0.2) is 37.1 Å². The van der Waals surface area contributed by atoms with E-state index in [2.05, 4.69) is 0 Å². The Morgan fingerprint density at radius 1 is 1.16 bits per heavy atom. The molecular formula is C19H19Cl2NO3. The first-order valence-electron chi connectivity index (χ1n) is 8.15. The van der Waals surface area contributed by atoms with Crippen LogP contribution in [0.15, 0.2) is 48.5 Å². The van der Waals surface area contributed by atoms with E-state index in [9.17, 15) is 4.79 Å². The number of hydrogen-bond donors (Lipinski definition) is 0. The molecule has 1 saturated heterocycles. The predicted octanol–water partition coefficient (Wildman–Crippen LogP) is 4.36. The first-order valence-corrected chi connectivity index (χ1v) is 8.91. The van der Waals surface area contributed by atoms with E-state index < -0.39 is 0 Å². The summed E-state index contributed by atoms with van der Waals surface area (Å²) >= 11 is 12.0. The number of rotatable bonds is 5. The first-order chi connectivity index (χ1) is 12.1. The molecule has 0 aromatic heterocycles. The van der Waals surface area contributed by atoms with Gasteiger partial charge in [0.2, 0.25) is 5.91 Å². The molecule has 1 heterocycles. The van der Waals surface area contributed by atoms with Crippen LogP contribution < -0.4 is 4.74 Å². The lowest BCUT2D eigenvalue weighted by molar-refractivity contribution is -0.139. The number of hydrogen-bond acceptors (Lipinski definition) is 3. The van der Waals surface area contributed by atoms with Gasteiger partial charge in [-0.25, -0.2) is 0 Å². The number of ether oxygens (including phenoxy) is 2. The lowest BCUT2D eigenvalue weighted by Gasteiger charge is -2.33. The number of carbonyl (C=O) groups is 1. The number of nitrogens with zero attached hydrogens (tertiary/aromatic N) is 1. The molecule has 1 atom stereocenters.